The number of carbonyl (C=O) groups excluding carboxylic acids is 2. The van der Waals surface area contributed by atoms with Crippen LogP contribution in [-0.4, -0.2) is 48.6 Å². The molecular formula is C23H24N2O6. The first kappa shape index (κ1) is 20.7. The number of carboxylic acid groups (broad SMARTS) is 1. The Balaban J connectivity index is 1.74. The number of benzene rings is 2. The van der Waals surface area contributed by atoms with Gasteiger partial charge in [0, 0.05) is 18.5 Å². The third-order valence-electron chi connectivity index (χ3n) is 5.77. The van der Waals surface area contributed by atoms with Crippen LogP contribution in [0.5, 0.6) is 11.5 Å². The van der Waals surface area contributed by atoms with Gasteiger partial charge < -0.3 is 19.5 Å². The summed E-state index contributed by atoms with van der Waals surface area (Å²) < 4.78 is 10.9. The quantitative estimate of drug-likeness (QED) is 0.652. The zero-order valence-electron chi connectivity index (χ0n) is 17.5. The number of hydrogen-bond acceptors (Lipinski definition) is 5. The Morgan fingerprint density at radius 3 is 2.48 bits per heavy atom. The second-order valence-corrected chi connectivity index (χ2v) is 7.53. The van der Waals surface area contributed by atoms with Crippen LogP contribution in [0.25, 0.3) is 0 Å². The maximum Gasteiger partial charge on any atom is 0.303 e. The van der Waals surface area contributed by atoms with E-state index in [1.165, 1.54) is 14.2 Å². The fraction of sp³-hybridized carbons (Fsp3) is 0.348. The molecule has 0 saturated heterocycles. The SMILES string of the molecule is COc1ccc2c(c1OC)C(=O)N1c3ccccc3C(=O)N(CCCCCC(=O)O)[C@@H]21. The molecule has 4 rings (SSSR count). The smallest absolute Gasteiger partial charge is 0.303 e. The molecule has 0 saturated carbocycles. The van der Waals surface area contributed by atoms with Gasteiger partial charge in [-0.2, -0.15) is 0 Å². The van der Waals surface area contributed by atoms with Crippen LogP contribution in [0.2, 0.25) is 0 Å². The van der Waals surface area contributed by atoms with Gasteiger partial charge in [-0.1, -0.05) is 24.6 Å². The van der Waals surface area contributed by atoms with Crippen LogP contribution < -0.4 is 14.4 Å². The zero-order valence-corrected chi connectivity index (χ0v) is 17.5. The molecule has 2 aliphatic rings. The molecule has 0 spiro atoms. The van der Waals surface area contributed by atoms with Crippen molar-refractivity contribution in [2.75, 3.05) is 25.7 Å². The molecule has 2 heterocycles. The van der Waals surface area contributed by atoms with Crippen LogP contribution in [0, 0.1) is 0 Å². The minimum Gasteiger partial charge on any atom is -0.493 e. The highest BCUT2D eigenvalue weighted by Crippen LogP contribution is 2.49. The number of hydrogen-bond donors (Lipinski definition) is 1. The molecule has 0 unspecified atom stereocenters. The Morgan fingerprint density at radius 1 is 1.00 bits per heavy atom. The van der Waals surface area contributed by atoms with Crippen molar-refractivity contribution in [3.63, 3.8) is 0 Å². The average molecular weight is 424 g/mol. The summed E-state index contributed by atoms with van der Waals surface area (Å²) in [5.41, 5.74) is 2.13. The molecule has 0 fully saturated rings. The van der Waals surface area contributed by atoms with Crippen molar-refractivity contribution in [2.45, 2.75) is 31.8 Å². The highest BCUT2D eigenvalue weighted by atomic mass is 16.5. The summed E-state index contributed by atoms with van der Waals surface area (Å²) in [5, 5.41) is 8.84. The number of para-hydroxylation sites is 1. The van der Waals surface area contributed by atoms with Crippen LogP contribution in [0.4, 0.5) is 5.69 Å². The van der Waals surface area contributed by atoms with Gasteiger partial charge in [0.2, 0.25) is 0 Å². The van der Waals surface area contributed by atoms with Gasteiger partial charge in [0.1, 0.15) is 6.17 Å². The van der Waals surface area contributed by atoms with Crippen molar-refractivity contribution in [1.82, 2.24) is 4.90 Å². The summed E-state index contributed by atoms with van der Waals surface area (Å²) in [4.78, 5) is 41.0. The molecule has 162 valence electrons. The molecule has 0 aromatic heterocycles. The second kappa shape index (κ2) is 8.29. The molecule has 2 aromatic carbocycles. The first-order valence-electron chi connectivity index (χ1n) is 10.2. The lowest BCUT2D eigenvalue weighted by Crippen LogP contribution is -2.48. The highest BCUT2D eigenvalue weighted by molar-refractivity contribution is 6.18. The van der Waals surface area contributed by atoms with Crippen molar-refractivity contribution in [3.05, 3.63) is 53.1 Å². The number of methoxy groups -OCH3 is 2. The predicted octanol–water partition coefficient (Wildman–Crippen LogP) is 3.46. The van der Waals surface area contributed by atoms with E-state index >= 15 is 0 Å². The fourth-order valence-electron chi connectivity index (χ4n) is 4.39. The van der Waals surface area contributed by atoms with Crippen LogP contribution >= 0.6 is 0 Å². The summed E-state index contributed by atoms with van der Waals surface area (Å²) in [6.07, 6.45) is 1.39. The van der Waals surface area contributed by atoms with E-state index in [1.807, 2.05) is 0 Å². The fourth-order valence-corrected chi connectivity index (χ4v) is 4.39. The molecule has 2 amide bonds. The molecule has 0 bridgehead atoms. The molecule has 2 aromatic rings. The van der Waals surface area contributed by atoms with Crippen molar-refractivity contribution < 1.29 is 29.0 Å². The monoisotopic (exact) mass is 424 g/mol. The van der Waals surface area contributed by atoms with Crippen LogP contribution in [0.3, 0.4) is 0 Å². The summed E-state index contributed by atoms with van der Waals surface area (Å²) in [6, 6.07) is 10.6. The number of anilines is 1. The van der Waals surface area contributed by atoms with Crippen LogP contribution in [0.1, 0.15) is 58.1 Å². The summed E-state index contributed by atoms with van der Waals surface area (Å²) in [5.74, 6) is -0.414. The highest BCUT2D eigenvalue weighted by Gasteiger charge is 2.49. The van der Waals surface area contributed by atoms with Crippen LogP contribution in [-0.2, 0) is 4.79 Å². The minimum absolute atomic E-state index is 0.102. The van der Waals surface area contributed by atoms with Gasteiger partial charge in [-0.05, 0) is 31.0 Å². The molecule has 1 N–H and O–H groups in total. The van der Waals surface area contributed by atoms with Gasteiger partial charge in [-0.3, -0.25) is 19.3 Å². The van der Waals surface area contributed by atoms with E-state index in [0.29, 0.717) is 59.7 Å². The maximum atomic E-state index is 13.5. The lowest BCUT2D eigenvalue weighted by atomic mass is 10.0. The Labute approximate surface area is 180 Å². The van der Waals surface area contributed by atoms with Crippen molar-refractivity contribution in [1.29, 1.82) is 0 Å². The lowest BCUT2D eigenvalue weighted by Gasteiger charge is -2.41. The van der Waals surface area contributed by atoms with E-state index < -0.39 is 12.1 Å². The molecule has 31 heavy (non-hydrogen) atoms. The third-order valence-corrected chi connectivity index (χ3v) is 5.77. The molecular weight excluding hydrogens is 400 g/mol. The number of amides is 2. The van der Waals surface area contributed by atoms with E-state index in [0.717, 1.165) is 0 Å². The number of unbranched alkanes of at least 4 members (excludes halogenated alkanes) is 2. The Kier molecular flexibility index (Phi) is 5.54. The average Bonchev–Trinajstić information content (AvgIpc) is 3.07. The first-order chi connectivity index (χ1) is 15.0. The van der Waals surface area contributed by atoms with Crippen molar-refractivity contribution in [3.8, 4) is 11.5 Å². The van der Waals surface area contributed by atoms with Crippen LogP contribution in [0.15, 0.2) is 36.4 Å². The number of rotatable bonds is 8. The maximum absolute atomic E-state index is 13.5. The number of carboxylic acids is 1. The van der Waals surface area contributed by atoms with E-state index in [2.05, 4.69) is 0 Å². The van der Waals surface area contributed by atoms with Gasteiger partial charge in [-0.15, -0.1) is 0 Å². The second-order valence-electron chi connectivity index (χ2n) is 7.53. The topological polar surface area (TPSA) is 96.4 Å². The van der Waals surface area contributed by atoms with Gasteiger partial charge in [0.05, 0.1) is 31.0 Å². The Hall–Kier alpha value is -3.55. The molecule has 8 nitrogen and oxygen atoms in total. The van der Waals surface area contributed by atoms with Crippen molar-refractivity contribution in [2.24, 2.45) is 0 Å². The Bertz CT molecular complexity index is 1050. The van der Waals surface area contributed by atoms with Gasteiger partial charge in [0.15, 0.2) is 11.5 Å². The molecule has 1 atom stereocenters. The molecule has 0 aliphatic carbocycles. The summed E-state index contributed by atoms with van der Waals surface area (Å²) in [6.45, 7) is 0.412. The molecule has 8 heteroatoms. The van der Waals surface area contributed by atoms with Crippen molar-refractivity contribution >= 4 is 23.5 Å². The normalized spacial score (nSPS) is 16.6. The summed E-state index contributed by atoms with van der Waals surface area (Å²) >= 11 is 0. The number of fused-ring (bicyclic) bond motifs is 5. The number of carbonyl (C=O) groups is 3. The largest absolute Gasteiger partial charge is 0.493 e. The lowest BCUT2D eigenvalue weighted by molar-refractivity contribution is -0.137. The molecule has 0 radical (unpaired) electrons. The third kappa shape index (κ3) is 3.37. The minimum atomic E-state index is -0.828. The first-order valence-corrected chi connectivity index (χ1v) is 10.2. The number of nitrogens with zero attached hydrogens (tertiary/aromatic N) is 2. The van der Waals surface area contributed by atoms with Gasteiger partial charge >= 0.3 is 5.97 Å². The number of aliphatic carboxylic acids is 1. The number of ether oxygens (including phenoxy) is 2. The van der Waals surface area contributed by atoms with Gasteiger partial charge in [0.25, 0.3) is 11.8 Å². The predicted molar refractivity (Wildman–Crippen MR) is 113 cm³/mol. The van der Waals surface area contributed by atoms with Gasteiger partial charge in [-0.25, -0.2) is 0 Å². The standard InChI is InChI=1S/C23H24N2O6/c1-30-17-12-11-15-19(20(17)31-2)23(29)25-16-9-6-5-8-14(16)22(28)24(21(15)25)13-7-3-4-10-18(26)27/h5-6,8-9,11-12,21H,3-4,7,10,13H2,1-2H3,(H,26,27)/t21-/m1/s1. The molecule has 2 aliphatic heterocycles. The van der Waals surface area contributed by atoms with E-state index in [4.69, 9.17) is 14.6 Å². The Morgan fingerprint density at radius 2 is 1.77 bits per heavy atom. The van der Waals surface area contributed by atoms with E-state index in [-0.39, 0.29) is 18.2 Å². The van der Waals surface area contributed by atoms with E-state index in [9.17, 15) is 14.4 Å². The summed E-state index contributed by atoms with van der Waals surface area (Å²) in [7, 11) is 3.00. The van der Waals surface area contributed by atoms with E-state index in [1.54, 1.807) is 46.2 Å². The zero-order chi connectivity index (χ0) is 22.1.